The van der Waals surface area contributed by atoms with E-state index in [4.69, 9.17) is 0 Å². The third kappa shape index (κ3) is 2.38. The molecule has 3 heteroatoms. The van der Waals surface area contributed by atoms with Gasteiger partial charge in [-0.1, -0.05) is 20.3 Å². The first kappa shape index (κ1) is 11.9. The van der Waals surface area contributed by atoms with E-state index in [0.29, 0.717) is 5.41 Å². The molecule has 17 heavy (non-hydrogen) atoms. The van der Waals surface area contributed by atoms with Crippen molar-refractivity contribution in [3.63, 3.8) is 0 Å². The van der Waals surface area contributed by atoms with Crippen LogP contribution < -0.4 is 5.32 Å². The predicted molar refractivity (Wildman–Crippen MR) is 71.2 cm³/mol. The zero-order valence-electron chi connectivity index (χ0n) is 11.4. The minimum Gasteiger partial charge on any atom is -0.312 e. The molecule has 98 valence electrons. The summed E-state index contributed by atoms with van der Waals surface area (Å²) >= 11 is 0. The maximum absolute atomic E-state index is 3.86. The highest BCUT2D eigenvalue weighted by atomic mass is 15.3. The van der Waals surface area contributed by atoms with Crippen LogP contribution in [0.4, 0.5) is 0 Å². The molecule has 0 aromatic carbocycles. The van der Waals surface area contributed by atoms with Crippen LogP contribution in [0.15, 0.2) is 0 Å². The van der Waals surface area contributed by atoms with Crippen molar-refractivity contribution in [1.82, 2.24) is 15.1 Å². The van der Waals surface area contributed by atoms with Crippen molar-refractivity contribution in [1.29, 1.82) is 0 Å². The normalized spacial score (nSPS) is 44.1. The van der Waals surface area contributed by atoms with Gasteiger partial charge < -0.3 is 5.32 Å². The molecule has 1 aliphatic carbocycles. The minimum atomic E-state index is 0.517. The summed E-state index contributed by atoms with van der Waals surface area (Å²) in [5, 5.41) is 3.86. The number of nitrogens with one attached hydrogen (secondary N) is 1. The molecule has 3 saturated heterocycles. The highest BCUT2D eigenvalue weighted by Crippen LogP contribution is 2.37. The van der Waals surface area contributed by atoms with Gasteiger partial charge in [-0.25, -0.2) is 0 Å². The molecule has 0 amide bonds. The van der Waals surface area contributed by atoms with Gasteiger partial charge in [-0.3, -0.25) is 9.80 Å². The molecule has 4 aliphatic rings. The Bertz CT molecular complexity index is 269. The summed E-state index contributed by atoms with van der Waals surface area (Å²) in [6.45, 7) is 12.5. The van der Waals surface area contributed by atoms with Crippen LogP contribution in [0.1, 0.15) is 33.1 Å². The largest absolute Gasteiger partial charge is 0.312 e. The highest BCUT2D eigenvalue weighted by Gasteiger charge is 2.36. The van der Waals surface area contributed by atoms with Crippen molar-refractivity contribution in [2.24, 2.45) is 5.41 Å². The van der Waals surface area contributed by atoms with Gasteiger partial charge in [0, 0.05) is 51.4 Å². The number of fused-ring (bicyclic) bond motifs is 3. The first-order valence-corrected chi connectivity index (χ1v) is 7.35. The van der Waals surface area contributed by atoms with Gasteiger partial charge >= 0.3 is 0 Å². The second kappa shape index (κ2) is 4.52. The number of rotatable bonds is 3. The summed E-state index contributed by atoms with van der Waals surface area (Å²) in [7, 11) is 0. The van der Waals surface area contributed by atoms with Crippen LogP contribution in [0, 0.1) is 5.41 Å². The van der Waals surface area contributed by atoms with E-state index in [1.807, 2.05) is 0 Å². The molecule has 0 aromatic rings. The van der Waals surface area contributed by atoms with E-state index in [9.17, 15) is 0 Å². The van der Waals surface area contributed by atoms with Crippen molar-refractivity contribution in [2.75, 3.05) is 39.3 Å². The van der Waals surface area contributed by atoms with Crippen molar-refractivity contribution in [2.45, 2.75) is 45.2 Å². The van der Waals surface area contributed by atoms with Gasteiger partial charge in [0.1, 0.15) is 0 Å². The summed E-state index contributed by atoms with van der Waals surface area (Å²) in [5.74, 6) is 0. The van der Waals surface area contributed by atoms with Crippen LogP contribution in [0.25, 0.3) is 0 Å². The van der Waals surface area contributed by atoms with E-state index in [1.165, 1.54) is 58.5 Å². The molecule has 2 unspecified atom stereocenters. The SMILES string of the molecule is CC1(C)CCCC1NCC1CN2CCN1CC2. The standard InChI is InChI=1S/C14H27N3/c1-14(2)5-3-4-13(14)15-10-12-11-16-6-8-17(12)9-7-16/h12-13,15H,3-11H2,1-2H3. The Hall–Kier alpha value is -0.120. The fourth-order valence-electron chi connectivity index (χ4n) is 3.90. The van der Waals surface area contributed by atoms with Crippen molar-refractivity contribution in [3.05, 3.63) is 0 Å². The number of hydrogen-bond donors (Lipinski definition) is 1. The molecule has 3 heterocycles. The van der Waals surface area contributed by atoms with Gasteiger partial charge in [0.05, 0.1) is 0 Å². The quantitative estimate of drug-likeness (QED) is 0.794. The molecule has 1 N–H and O–H groups in total. The van der Waals surface area contributed by atoms with E-state index in [2.05, 4.69) is 29.0 Å². The van der Waals surface area contributed by atoms with Gasteiger partial charge in [-0.05, 0) is 18.3 Å². The van der Waals surface area contributed by atoms with Gasteiger partial charge in [0.2, 0.25) is 0 Å². The molecular formula is C14H27N3. The molecule has 0 radical (unpaired) electrons. The fraction of sp³-hybridized carbons (Fsp3) is 1.00. The van der Waals surface area contributed by atoms with E-state index in [-0.39, 0.29) is 0 Å². The Kier molecular flexibility index (Phi) is 3.18. The Morgan fingerprint density at radius 2 is 1.94 bits per heavy atom. The third-order valence-electron chi connectivity index (χ3n) is 5.25. The summed E-state index contributed by atoms with van der Waals surface area (Å²) < 4.78 is 0. The van der Waals surface area contributed by atoms with E-state index >= 15 is 0 Å². The summed E-state index contributed by atoms with van der Waals surface area (Å²) in [6.07, 6.45) is 4.18. The zero-order chi connectivity index (χ0) is 11.9. The van der Waals surface area contributed by atoms with E-state index in [0.717, 1.165) is 12.1 Å². The first-order valence-electron chi connectivity index (χ1n) is 7.35. The Balaban J connectivity index is 1.51. The summed E-state index contributed by atoms with van der Waals surface area (Å²) in [5.41, 5.74) is 0.517. The molecule has 4 rings (SSSR count). The molecular weight excluding hydrogens is 210 g/mol. The second-order valence-corrected chi connectivity index (χ2v) is 6.83. The second-order valence-electron chi connectivity index (χ2n) is 6.83. The van der Waals surface area contributed by atoms with Crippen LogP contribution in [0.2, 0.25) is 0 Å². The van der Waals surface area contributed by atoms with Crippen LogP contribution in [0.5, 0.6) is 0 Å². The maximum atomic E-state index is 3.86. The molecule has 0 spiro atoms. The van der Waals surface area contributed by atoms with Crippen LogP contribution in [-0.4, -0.2) is 61.2 Å². The van der Waals surface area contributed by atoms with Crippen LogP contribution in [0.3, 0.4) is 0 Å². The lowest BCUT2D eigenvalue weighted by Gasteiger charge is -2.48. The van der Waals surface area contributed by atoms with Gasteiger partial charge in [-0.15, -0.1) is 0 Å². The molecule has 3 nitrogen and oxygen atoms in total. The van der Waals surface area contributed by atoms with E-state index < -0.39 is 0 Å². The molecule has 2 atom stereocenters. The van der Waals surface area contributed by atoms with Crippen molar-refractivity contribution >= 4 is 0 Å². The molecule has 4 fully saturated rings. The van der Waals surface area contributed by atoms with Crippen LogP contribution in [-0.2, 0) is 0 Å². The van der Waals surface area contributed by atoms with Gasteiger partial charge in [0.15, 0.2) is 0 Å². The van der Waals surface area contributed by atoms with Gasteiger partial charge in [0.25, 0.3) is 0 Å². The van der Waals surface area contributed by atoms with Crippen molar-refractivity contribution < 1.29 is 0 Å². The maximum Gasteiger partial charge on any atom is 0.0349 e. The summed E-state index contributed by atoms with van der Waals surface area (Å²) in [6, 6.07) is 1.52. The van der Waals surface area contributed by atoms with Gasteiger partial charge in [-0.2, -0.15) is 0 Å². The third-order valence-corrected chi connectivity index (χ3v) is 5.25. The molecule has 0 aromatic heterocycles. The lowest BCUT2D eigenvalue weighted by atomic mass is 9.87. The number of piperazine rings is 3. The number of hydrogen-bond acceptors (Lipinski definition) is 3. The lowest BCUT2D eigenvalue weighted by Crippen LogP contribution is -2.63. The van der Waals surface area contributed by atoms with Crippen LogP contribution >= 0.6 is 0 Å². The topological polar surface area (TPSA) is 18.5 Å². The minimum absolute atomic E-state index is 0.517. The zero-order valence-corrected chi connectivity index (χ0v) is 11.4. The number of nitrogens with zero attached hydrogens (tertiary/aromatic N) is 2. The summed E-state index contributed by atoms with van der Waals surface area (Å²) in [4.78, 5) is 5.32. The lowest BCUT2D eigenvalue weighted by molar-refractivity contribution is 0.0114. The highest BCUT2D eigenvalue weighted by molar-refractivity contribution is 4.94. The molecule has 1 saturated carbocycles. The predicted octanol–water partition coefficient (Wildman–Crippen LogP) is 1.15. The average Bonchev–Trinajstić information content (AvgIpc) is 2.67. The average molecular weight is 237 g/mol. The Labute approximate surface area is 106 Å². The fourth-order valence-corrected chi connectivity index (χ4v) is 3.90. The van der Waals surface area contributed by atoms with E-state index in [1.54, 1.807) is 0 Å². The molecule has 2 bridgehead atoms. The molecule has 3 aliphatic heterocycles. The monoisotopic (exact) mass is 237 g/mol. The Morgan fingerprint density at radius 1 is 1.18 bits per heavy atom. The van der Waals surface area contributed by atoms with Crippen molar-refractivity contribution in [3.8, 4) is 0 Å². The Morgan fingerprint density at radius 3 is 2.47 bits per heavy atom. The first-order chi connectivity index (χ1) is 8.15. The smallest absolute Gasteiger partial charge is 0.0349 e.